The van der Waals surface area contributed by atoms with Crippen LogP contribution >= 0.6 is 11.3 Å². The molecule has 0 saturated heterocycles. The second kappa shape index (κ2) is 6.29. The highest BCUT2D eigenvalue weighted by Gasteiger charge is 2.30. The highest BCUT2D eigenvalue weighted by molar-refractivity contribution is 7.10. The third-order valence-electron chi connectivity index (χ3n) is 3.02. The zero-order valence-electron chi connectivity index (χ0n) is 10.2. The molecule has 1 aromatic heterocycles. The molecule has 0 bridgehead atoms. The van der Waals surface area contributed by atoms with Crippen LogP contribution in [-0.4, -0.2) is 13.6 Å². The Balaban J connectivity index is 2.90. The Morgan fingerprint density at radius 2 is 1.93 bits per heavy atom. The number of hydrogen-bond donors (Lipinski definition) is 1. The van der Waals surface area contributed by atoms with Crippen LogP contribution in [0.25, 0.3) is 0 Å². The minimum atomic E-state index is 0.381. The van der Waals surface area contributed by atoms with Crippen LogP contribution in [0.5, 0.6) is 0 Å². The summed E-state index contributed by atoms with van der Waals surface area (Å²) in [6.45, 7) is 5.68. The smallest absolute Gasteiger partial charge is 0.0171 e. The van der Waals surface area contributed by atoms with Gasteiger partial charge < -0.3 is 5.32 Å². The van der Waals surface area contributed by atoms with Crippen molar-refractivity contribution in [2.45, 2.75) is 44.9 Å². The maximum Gasteiger partial charge on any atom is 0.0171 e. The Morgan fingerprint density at radius 3 is 2.33 bits per heavy atom. The van der Waals surface area contributed by atoms with Crippen LogP contribution in [0.15, 0.2) is 17.5 Å². The second-order valence-corrected chi connectivity index (χ2v) is 5.24. The number of nitrogens with one attached hydrogen (secondary N) is 1. The van der Waals surface area contributed by atoms with Gasteiger partial charge in [-0.2, -0.15) is 0 Å². The largest absolute Gasteiger partial charge is 0.319 e. The Bertz CT molecular complexity index is 236. The first kappa shape index (κ1) is 12.7. The standard InChI is InChI=1S/C13H23NS/c1-4-8-13(9-5-2,11-14-3)12-7-6-10-15-12/h6-7,10,14H,4-5,8-9,11H2,1-3H3. The van der Waals surface area contributed by atoms with Gasteiger partial charge in [0.25, 0.3) is 0 Å². The normalized spacial score (nSPS) is 11.9. The van der Waals surface area contributed by atoms with Crippen LogP contribution in [0, 0.1) is 0 Å². The Hall–Kier alpha value is -0.340. The predicted molar refractivity (Wildman–Crippen MR) is 69.7 cm³/mol. The summed E-state index contributed by atoms with van der Waals surface area (Å²) in [6.07, 6.45) is 5.11. The molecular formula is C13H23NS. The number of hydrogen-bond acceptors (Lipinski definition) is 2. The van der Waals surface area contributed by atoms with E-state index in [2.05, 4.69) is 43.7 Å². The molecule has 1 nitrogen and oxygen atoms in total. The SMILES string of the molecule is CCCC(CCC)(CNC)c1cccs1. The molecule has 1 rings (SSSR count). The molecule has 0 unspecified atom stereocenters. The quantitative estimate of drug-likeness (QED) is 0.744. The van der Waals surface area contributed by atoms with E-state index in [1.807, 2.05) is 11.3 Å². The Labute approximate surface area is 97.9 Å². The van der Waals surface area contributed by atoms with E-state index in [1.165, 1.54) is 25.7 Å². The fraction of sp³-hybridized carbons (Fsp3) is 0.692. The van der Waals surface area contributed by atoms with Gasteiger partial charge in [0, 0.05) is 16.8 Å². The van der Waals surface area contributed by atoms with E-state index in [-0.39, 0.29) is 0 Å². The lowest BCUT2D eigenvalue weighted by molar-refractivity contribution is 0.351. The van der Waals surface area contributed by atoms with Crippen molar-refractivity contribution >= 4 is 11.3 Å². The van der Waals surface area contributed by atoms with Crippen LogP contribution in [-0.2, 0) is 5.41 Å². The molecule has 0 aromatic carbocycles. The van der Waals surface area contributed by atoms with Gasteiger partial charge in [0.15, 0.2) is 0 Å². The molecule has 15 heavy (non-hydrogen) atoms. The minimum absolute atomic E-state index is 0.381. The van der Waals surface area contributed by atoms with E-state index in [0.29, 0.717) is 5.41 Å². The fourth-order valence-electron chi connectivity index (χ4n) is 2.51. The molecule has 0 aliphatic heterocycles. The highest BCUT2D eigenvalue weighted by atomic mass is 32.1. The van der Waals surface area contributed by atoms with Gasteiger partial charge in [-0.3, -0.25) is 0 Å². The monoisotopic (exact) mass is 225 g/mol. The molecule has 0 aliphatic rings. The average molecular weight is 225 g/mol. The van der Waals surface area contributed by atoms with Crippen LogP contribution in [0.3, 0.4) is 0 Å². The van der Waals surface area contributed by atoms with Gasteiger partial charge in [0.05, 0.1) is 0 Å². The van der Waals surface area contributed by atoms with Crippen LogP contribution in [0.1, 0.15) is 44.4 Å². The zero-order valence-corrected chi connectivity index (χ0v) is 11.0. The third kappa shape index (κ3) is 3.05. The predicted octanol–water partition coefficient (Wildman–Crippen LogP) is 3.81. The van der Waals surface area contributed by atoms with Gasteiger partial charge in [0.2, 0.25) is 0 Å². The van der Waals surface area contributed by atoms with E-state index >= 15 is 0 Å². The molecule has 1 N–H and O–H groups in total. The van der Waals surface area contributed by atoms with E-state index in [1.54, 1.807) is 4.88 Å². The van der Waals surface area contributed by atoms with E-state index in [0.717, 1.165) is 6.54 Å². The first-order valence-electron chi connectivity index (χ1n) is 5.97. The van der Waals surface area contributed by atoms with Crippen molar-refractivity contribution in [1.29, 1.82) is 0 Å². The van der Waals surface area contributed by atoms with Crippen molar-refractivity contribution in [3.8, 4) is 0 Å². The molecule has 86 valence electrons. The third-order valence-corrected chi connectivity index (χ3v) is 4.13. The van der Waals surface area contributed by atoms with Crippen molar-refractivity contribution < 1.29 is 0 Å². The van der Waals surface area contributed by atoms with Gasteiger partial charge in [-0.25, -0.2) is 0 Å². The van der Waals surface area contributed by atoms with Crippen LogP contribution < -0.4 is 5.32 Å². The van der Waals surface area contributed by atoms with Gasteiger partial charge in [-0.05, 0) is 31.3 Å². The molecule has 0 aliphatic carbocycles. The van der Waals surface area contributed by atoms with Gasteiger partial charge in [-0.1, -0.05) is 32.8 Å². The summed E-state index contributed by atoms with van der Waals surface area (Å²) in [5, 5.41) is 5.57. The van der Waals surface area contributed by atoms with Crippen LogP contribution in [0.4, 0.5) is 0 Å². The van der Waals surface area contributed by atoms with Crippen molar-refractivity contribution in [3.05, 3.63) is 22.4 Å². The topological polar surface area (TPSA) is 12.0 Å². The number of thiophene rings is 1. The first-order chi connectivity index (χ1) is 7.29. The van der Waals surface area contributed by atoms with Gasteiger partial charge >= 0.3 is 0 Å². The average Bonchev–Trinajstić information content (AvgIpc) is 2.72. The summed E-state index contributed by atoms with van der Waals surface area (Å²) >= 11 is 1.91. The molecule has 0 fully saturated rings. The maximum atomic E-state index is 3.37. The van der Waals surface area contributed by atoms with E-state index in [4.69, 9.17) is 0 Å². The van der Waals surface area contributed by atoms with Crippen molar-refractivity contribution in [2.75, 3.05) is 13.6 Å². The maximum absolute atomic E-state index is 3.37. The molecule has 2 heteroatoms. The fourth-order valence-corrected chi connectivity index (χ4v) is 3.50. The van der Waals surface area contributed by atoms with E-state index < -0.39 is 0 Å². The molecule has 1 heterocycles. The zero-order chi connectivity index (χ0) is 11.1. The first-order valence-corrected chi connectivity index (χ1v) is 6.85. The van der Waals surface area contributed by atoms with Crippen molar-refractivity contribution in [1.82, 2.24) is 5.32 Å². The molecule has 0 spiro atoms. The second-order valence-electron chi connectivity index (χ2n) is 4.29. The molecule has 0 radical (unpaired) electrons. The lowest BCUT2D eigenvalue weighted by Gasteiger charge is -2.32. The van der Waals surface area contributed by atoms with Crippen LogP contribution in [0.2, 0.25) is 0 Å². The number of likely N-dealkylation sites (N-methyl/N-ethyl adjacent to an activating group) is 1. The van der Waals surface area contributed by atoms with Gasteiger partial charge in [0.1, 0.15) is 0 Å². The number of rotatable bonds is 7. The molecule has 0 saturated carbocycles. The Kier molecular flexibility index (Phi) is 5.34. The lowest BCUT2D eigenvalue weighted by Crippen LogP contribution is -2.36. The summed E-state index contributed by atoms with van der Waals surface area (Å²) in [4.78, 5) is 1.56. The van der Waals surface area contributed by atoms with Gasteiger partial charge in [-0.15, -0.1) is 11.3 Å². The summed E-state index contributed by atoms with van der Waals surface area (Å²) in [7, 11) is 2.06. The molecule has 0 amide bonds. The Morgan fingerprint density at radius 1 is 1.27 bits per heavy atom. The van der Waals surface area contributed by atoms with E-state index in [9.17, 15) is 0 Å². The molecular weight excluding hydrogens is 202 g/mol. The summed E-state index contributed by atoms with van der Waals surface area (Å²) in [5.41, 5.74) is 0.381. The summed E-state index contributed by atoms with van der Waals surface area (Å²) in [6, 6.07) is 4.48. The minimum Gasteiger partial charge on any atom is -0.319 e. The van der Waals surface area contributed by atoms with Crippen molar-refractivity contribution in [2.24, 2.45) is 0 Å². The summed E-state index contributed by atoms with van der Waals surface area (Å²) < 4.78 is 0. The molecule has 1 aromatic rings. The summed E-state index contributed by atoms with van der Waals surface area (Å²) in [5.74, 6) is 0. The lowest BCUT2D eigenvalue weighted by atomic mass is 9.78. The highest BCUT2D eigenvalue weighted by Crippen LogP contribution is 2.36. The molecule has 0 atom stereocenters. The van der Waals surface area contributed by atoms with Crippen molar-refractivity contribution in [3.63, 3.8) is 0 Å².